The molecule has 1 aliphatic rings. The number of benzene rings is 4. The predicted molar refractivity (Wildman–Crippen MR) is 198 cm³/mol. The lowest BCUT2D eigenvalue weighted by molar-refractivity contribution is 0.0322. The Morgan fingerprint density at radius 2 is 1.31 bits per heavy atom. The third-order valence-corrected chi connectivity index (χ3v) is 8.99. The van der Waals surface area contributed by atoms with Gasteiger partial charge in [0.15, 0.2) is 0 Å². The van der Waals surface area contributed by atoms with Crippen LogP contribution in [-0.4, -0.2) is 78.1 Å². The fourth-order valence-electron chi connectivity index (χ4n) is 6.26. The molecule has 6 aromatic rings. The summed E-state index contributed by atoms with van der Waals surface area (Å²) in [7, 11) is 3.30. The van der Waals surface area contributed by atoms with Gasteiger partial charge < -0.3 is 18.9 Å². The van der Waals surface area contributed by atoms with Gasteiger partial charge in [0, 0.05) is 36.8 Å². The molecule has 0 amide bonds. The molecule has 1 saturated heterocycles. The molecule has 1 aliphatic heterocycles. The van der Waals surface area contributed by atoms with Gasteiger partial charge in [-0.25, -0.2) is 4.68 Å². The van der Waals surface area contributed by atoms with E-state index in [1.807, 2.05) is 95.7 Å². The highest BCUT2D eigenvalue weighted by atomic mass is 16.5. The molecule has 0 bridgehead atoms. The fraction of sp³-hybridized carbons (Fsp3) is 0.244. The number of aromatic nitrogens is 4. The number of nitrogens with zero attached hydrogens (tertiary/aromatic N) is 5. The van der Waals surface area contributed by atoms with Crippen molar-refractivity contribution in [3.05, 3.63) is 137 Å². The molecule has 1 fully saturated rings. The topological polar surface area (TPSA) is 92.9 Å². The number of hydrogen-bond acceptors (Lipinski definition) is 8. The highest BCUT2D eigenvalue weighted by molar-refractivity contribution is 5.90. The van der Waals surface area contributed by atoms with Gasteiger partial charge in [0.05, 0.1) is 57.5 Å². The quantitative estimate of drug-likeness (QED) is 0.141. The lowest BCUT2D eigenvalue weighted by atomic mass is 9.99. The van der Waals surface area contributed by atoms with Crippen molar-refractivity contribution in [1.82, 2.24) is 24.5 Å². The number of methoxy groups -OCH3 is 2. The van der Waals surface area contributed by atoms with E-state index in [4.69, 9.17) is 29.1 Å². The minimum Gasteiger partial charge on any atom is -0.497 e. The van der Waals surface area contributed by atoms with Crippen LogP contribution in [0.5, 0.6) is 17.2 Å². The first-order valence-corrected chi connectivity index (χ1v) is 17.1. The first-order chi connectivity index (χ1) is 25.1. The Kier molecular flexibility index (Phi) is 10.5. The van der Waals surface area contributed by atoms with Crippen molar-refractivity contribution in [3.63, 3.8) is 0 Å². The molecule has 4 aromatic carbocycles. The van der Waals surface area contributed by atoms with Gasteiger partial charge in [-0.3, -0.25) is 14.4 Å². The van der Waals surface area contributed by atoms with Crippen LogP contribution < -0.4 is 19.8 Å². The molecule has 3 heterocycles. The van der Waals surface area contributed by atoms with Crippen LogP contribution in [0.4, 0.5) is 0 Å². The molecule has 0 N–H and O–H groups in total. The van der Waals surface area contributed by atoms with Crippen molar-refractivity contribution in [2.75, 3.05) is 53.7 Å². The van der Waals surface area contributed by atoms with Gasteiger partial charge >= 0.3 is 0 Å². The van der Waals surface area contributed by atoms with E-state index in [0.717, 1.165) is 89.3 Å². The standard InChI is InChI=1S/C41H41N5O5/c1-48-34-15-11-30(12-16-34)28-45-38(47)20-19-37(42-45)39-40(33-9-6-10-36(27-33)51-26-23-44-21-24-50-25-22-44)43-46(41(39)32-7-4-3-5-8-32)29-31-13-17-35(49-2)18-14-31/h3-20,27H,21-26,28-29H2,1-2H3. The van der Waals surface area contributed by atoms with Crippen LogP contribution in [0.2, 0.25) is 0 Å². The molecular weight excluding hydrogens is 642 g/mol. The lowest BCUT2D eigenvalue weighted by Gasteiger charge is -2.26. The number of hydrogen-bond donors (Lipinski definition) is 0. The molecule has 51 heavy (non-hydrogen) atoms. The van der Waals surface area contributed by atoms with Crippen LogP contribution in [0.1, 0.15) is 11.1 Å². The maximum absolute atomic E-state index is 13.2. The van der Waals surface area contributed by atoms with Gasteiger partial charge in [0.1, 0.15) is 29.5 Å². The van der Waals surface area contributed by atoms with Gasteiger partial charge in [-0.05, 0) is 53.6 Å². The summed E-state index contributed by atoms with van der Waals surface area (Å²) in [6.07, 6.45) is 0. The largest absolute Gasteiger partial charge is 0.497 e. The normalized spacial score (nSPS) is 13.2. The Balaban J connectivity index is 1.33. The highest BCUT2D eigenvalue weighted by Crippen LogP contribution is 2.40. The van der Waals surface area contributed by atoms with Gasteiger partial charge in [0.2, 0.25) is 0 Å². The molecule has 2 aromatic heterocycles. The van der Waals surface area contributed by atoms with Crippen molar-refractivity contribution in [2.24, 2.45) is 0 Å². The average molecular weight is 684 g/mol. The van der Waals surface area contributed by atoms with Crippen LogP contribution >= 0.6 is 0 Å². The number of morpholine rings is 1. The molecule has 0 saturated carbocycles. The fourth-order valence-corrected chi connectivity index (χ4v) is 6.26. The minimum atomic E-state index is -0.196. The first kappa shape index (κ1) is 33.8. The molecule has 7 rings (SSSR count). The number of ether oxygens (including phenoxy) is 4. The average Bonchev–Trinajstić information content (AvgIpc) is 3.56. The zero-order chi connectivity index (χ0) is 35.0. The molecule has 260 valence electrons. The van der Waals surface area contributed by atoms with Crippen LogP contribution in [0.15, 0.2) is 120 Å². The SMILES string of the molecule is COc1ccc(Cn2nc(-c3cccc(OCCN4CCOCC4)c3)c(-c3ccc(=O)n(Cc4ccc(OC)cc4)n3)c2-c2ccccc2)cc1. The van der Waals surface area contributed by atoms with E-state index in [2.05, 4.69) is 17.0 Å². The van der Waals surface area contributed by atoms with Gasteiger partial charge in [-0.1, -0.05) is 66.7 Å². The molecule has 10 heteroatoms. The smallest absolute Gasteiger partial charge is 0.267 e. The van der Waals surface area contributed by atoms with Gasteiger partial charge in [-0.2, -0.15) is 10.2 Å². The van der Waals surface area contributed by atoms with Crippen molar-refractivity contribution in [3.8, 4) is 51.0 Å². The monoisotopic (exact) mass is 683 g/mol. The number of rotatable bonds is 13. The zero-order valence-corrected chi connectivity index (χ0v) is 28.9. The Morgan fingerprint density at radius 1 is 0.667 bits per heavy atom. The van der Waals surface area contributed by atoms with Crippen LogP contribution in [-0.2, 0) is 17.8 Å². The maximum Gasteiger partial charge on any atom is 0.267 e. The zero-order valence-electron chi connectivity index (χ0n) is 28.9. The second kappa shape index (κ2) is 15.9. The Labute approximate surface area is 297 Å². The summed E-state index contributed by atoms with van der Waals surface area (Å²) >= 11 is 0. The summed E-state index contributed by atoms with van der Waals surface area (Å²) in [6.45, 7) is 5.53. The minimum absolute atomic E-state index is 0.196. The van der Waals surface area contributed by atoms with Crippen molar-refractivity contribution < 1.29 is 18.9 Å². The van der Waals surface area contributed by atoms with Crippen molar-refractivity contribution in [1.29, 1.82) is 0 Å². The Bertz CT molecular complexity index is 2100. The molecule has 0 atom stereocenters. The summed E-state index contributed by atoms with van der Waals surface area (Å²) in [5.74, 6) is 2.30. The van der Waals surface area contributed by atoms with Gasteiger partial charge in [0.25, 0.3) is 5.56 Å². The van der Waals surface area contributed by atoms with Crippen LogP contribution in [0.3, 0.4) is 0 Å². The third kappa shape index (κ3) is 8.03. The van der Waals surface area contributed by atoms with E-state index in [1.54, 1.807) is 26.4 Å². The molecule has 10 nitrogen and oxygen atoms in total. The van der Waals surface area contributed by atoms with E-state index in [-0.39, 0.29) is 5.56 Å². The summed E-state index contributed by atoms with van der Waals surface area (Å²) in [5, 5.41) is 10.3. The first-order valence-electron chi connectivity index (χ1n) is 17.1. The second-order valence-electron chi connectivity index (χ2n) is 12.3. The second-order valence-corrected chi connectivity index (χ2v) is 12.3. The molecular formula is C41H41N5O5. The Hall–Kier alpha value is -5.71. The summed E-state index contributed by atoms with van der Waals surface area (Å²) in [6, 6.07) is 37.3. The Morgan fingerprint density at radius 3 is 1.98 bits per heavy atom. The van der Waals surface area contributed by atoms with Crippen molar-refractivity contribution in [2.45, 2.75) is 13.1 Å². The van der Waals surface area contributed by atoms with E-state index >= 15 is 0 Å². The highest BCUT2D eigenvalue weighted by Gasteiger charge is 2.24. The molecule has 0 unspecified atom stereocenters. The molecule has 0 radical (unpaired) electrons. The van der Waals surface area contributed by atoms with E-state index in [9.17, 15) is 4.79 Å². The molecule has 0 aliphatic carbocycles. The van der Waals surface area contributed by atoms with Crippen LogP contribution in [0, 0.1) is 0 Å². The van der Waals surface area contributed by atoms with Crippen molar-refractivity contribution >= 4 is 0 Å². The third-order valence-electron chi connectivity index (χ3n) is 8.99. The van der Waals surface area contributed by atoms with E-state index < -0.39 is 0 Å². The maximum atomic E-state index is 13.2. The van der Waals surface area contributed by atoms with E-state index in [0.29, 0.717) is 25.4 Å². The van der Waals surface area contributed by atoms with E-state index in [1.165, 1.54) is 4.68 Å². The molecule has 0 spiro atoms. The van der Waals surface area contributed by atoms with Crippen LogP contribution in [0.25, 0.3) is 33.8 Å². The summed E-state index contributed by atoms with van der Waals surface area (Å²) < 4.78 is 26.0. The lowest BCUT2D eigenvalue weighted by Crippen LogP contribution is -2.38. The summed E-state index contributed by atoms with van der Waals surface area (Å²) in [4.78, 5) is 15.6. The van der Waals surface area contributed by atoms with Gasteiger partial charge in [-0.15, -0.1) is 0 Å². The summed E-state index contributed by atoms with van der Waals surface area (Å²) in [5.41, 5.74) is 6.75. The predicted octanol–water partition coefficient (Wildman–Crippen LogP) is 6.27.